The molecule has 0 heterocycles. The summed E-state index contributed by atoms with van der Waals surface area (Å²) in [5.74, 6) is 0. The van der Waals surface area contributed by atoms with Gasteiger partial charge in [-0.2, -0.15) is 0 Å². The molecule has 0 amide bonds. The summed E-state index contributed by atoms with van der Waals surface area (Å²) in [6.45, 7) is 6.72. The third-order valence-electron chi connectivity index (χ3n) is 0.829. The first kappa shape index (κ1) is 13.5. The Balaban J connectivity index is -0.000000107. The fraction of sp³-hybridized carbons (Fsp3) is 0.333. The van der Waals surface area contributed by atoms with E-state index in [-0.39, 0.29) is 52.9 Å². The van der Waals surface area contributed by atoms with Crippen molar-refractivity contribution in [1.82, 2.24) is 0 Å². The molecule has 0 aliphatic rings. The molecule has 2 nitrogen and oxygen atoms in total. The Morgan fingerprint density at radius 3 is 1.90 bits per heavy atom. The van der Waals surface area contributed by atoms with Crippen molar-refractivity contribution >= 4 is 45.1 Å². The largest absolute Gasteiger partial charge is 2.00 e. The van der Waals surface area contributed by atoms with Gasteiger partial charge in [-0.1, -0.05) is 12.2 Å². The van der Waals surface area contributed by atoms with Crippen molar-refractivity contribution < 1.29 is 12.3 Å². The summed E-state index contributed by atoms with van der Waals surface area (Å²) in [5, 5.41) is 0. The van der Waals surface area contributed by atoms with Crippen molar-refractivity contribution in [3.63, 3.8) is 0 Å². The van der Waals surface area contributed by atoms with Crippen molar-refractivity contribution in [2.45, 2.75) is 0 Å². The molecule has 0 unspecified atom stereocenters. The van der Waals surface area contributed by atoms with Crippen LogP contribution in [-0.2, 0) is 4.57 Å². The molecule has 56 valence electrons. The van der Waals surface area contributed by atoms with Crippen LogP contribution in [0.4, 0.5) is 0 Å². The first-order chi connectivity index (χ1) is 4.12. The van der Waals surface area contributed by atoms with E-state index in [4.69, 9.17) is 4.89 Å². The maximum atomic E-state index is 10.8. The minimum atomic E-state index is -2.93. The van der Waals surface area contributed by atoms with Crippen molar-refractivity contribution in [3.8, 4) is 0 Å². The minimum Gasteiger partial charge on any atom is -1.00 e. The average molecular weight is 188 g/mol. The summed E-state index contributed by atoms with van der Waals surface area (Å²) < 4.78 is 10.8. The zero-order valence-corrected chi connectivity index (χ0v) is 9.10. The average Bonchev–Trinajstić information content (AvgIpc) is 1.64. The molecule has 10 heavy (non-hydrogen) atoms. The topological polar surface area (TPSA) is 37.3 Å². The van der Waals surface area contributed by atoms with Gasteiger partial charge in [-0.25, -0.2) is 0 Å². The summed E-state index contributed by atoms with van der Waals surface area (Å²) in [5.41, 5.74) is 0. The third-order valence-corrected chi connectivity index (χ3v) is 2.49. The quantitative estimate of drug-likeness (QED) is 0.412. The van der Waals surface area contributed by atoms with Crippen LogP contribution < -0.4 is 0 Å². The maximum absolute atomic E-state index is 10.8. The van der Waals surface area contributed by atoms with Crippen molar-refractivity contribution in [1.29, 1.82) is 0 Å². The molecule has 0 rings (SSSR count). The second-order valence-electron chi connectivity index (χ2n) is 1.79. The van der Waals surface area contributed by atoms with Gasteiger partial charge in [0.2, 0.25) is 7.37 Å². The van der Waals surface area contributed by atoms with E-state index < -0.39 is 7.37 Å². The van der Waals surface area contributed by atoms with Gasteiger partial charge in [-0.05, 0) is 0 Å². The van der Waals surface area contributed by atoms with Gasteiger partial charge in [-0.3, -0.25) is 4.57 Å². The molecular formula is C6H13CaO2P. The Labute approximate surface area is 94.4 Å². The zero-order chi connectivity index (χ0) is 7.33. The Hall–Kier alpha value is 0.930. The van der Waals surface area contributed by atoms with E-state index in [1.54, 1.807) is 0 Å². The van der Waals surface area contributed by atoms with E-state index in [2.05, 4.69) is 13.2 Å². The van der Waals surface area contributed by atoms with Crippen LogP contribution in [0.15, 0.2) is 25.3 Å². The summed E-state index contributed by atoms with van der Waals surface area (Å²) >= 11 is 0. The molecule has 0 aromatic rings. The smallest absolute Gasteiger partial charge is 1.00 e. The fourth-order valence-electron chi connectivity index (χ4n) is 0.478. The van der Waals surface area contributed by atoms with Gasteiger partial charge in [0.1, 0.15) is 0 Å². The minimum absolute atomic E-state index is 0. The predicted octanol–water partition coefficient (Wildman–Crippen LogP) is 1.47. The van der Waals surface area contributed by atoms with Crippen LogP contribution in [0.3, 0.4) is 0 Å². The Bertz CT molecular complexity index is 150. The molecule has 0 spiro atoms. The van der Waals surface area contributed by atoms with Crippen molar-refractivity contribution in [2.24, 2.45) is 0 Å². The molecule has 0 saturated heterocycles. The predicted molar refractivity (Wildman–Crippen MR) is 47.9 cm³/mol. The van der Waals surface area contributed by atoms with Crippen LogP contribution >= 0.6 is 7.37 Å². The molecule has 4 heteroatoms. The number of allylic oxidation sites excluding steroid dienone is 2. The normalized spacial score (nSPS) is 9.70. The molecule has 0 aromatic heterocycles. The molecular weight excluding hydrogens is 175 g/mol. The van der Waals surface area contributed by atoms with Gasteiger partial charge in [0.05, 0.1) is 0 Å². The summed E-state index contributed by atoms with van der Waals surface area (Å²) in [6.07, 6.45) is 3.26. The maximum Gasteiger partial charge on any atom is 2.00 e. The molecule has 0 atom stereocenters. The molecule has 0 bridgehead atoms. The molecule has 0 aromatic carbocycles. The molecule has 0 saturated carbocycles. The van der Waals surface area contributed by atoms with E-state index in [0.29, 0.717) is 0 Å². The van der Waals surface area contributed by atoms with Gasteiger partial charge >= 0.3 is 37.7 Å². The van der Waals surface area contributed by atoms with E-state index in [1.807, 2.05) is 0 Å². The Morgan fingerprint density at radius 1 is 1.40 bits per heavy atom. The van der Waals surface area contributed by atoms with Gasteiger partial charge in [0.15, 0.2) is 0 Å². The van der Waals surface area contributed by atoms with Crippen LogP contribution in [0.1, 0.15) is 2.85 Å². The summed E-state index contributed by atoms with van der Waals surface area (Å²) in [4.78, 5) is 8.93. The van der Waals surface area contributed by atoms with Crippen molar-refractivity contribution in [3.05, 3.63) is 25.3 Å². The number of hydrogen-bond donors (Lipinski definition) is 1. The van der Waals surface area contributed by atoms with Gasteiger partial charge in [0, 0.05) is 12.3 Å². The molecule has 0 aliphatic heterocycles. The van der Waals surface area contributed by atoms with Crippen molar-refractivity contribution in [2.75, 3.05) is 12.3 Å². The van der Waals surface area contributed by atoms with E-state index in [0.717, 1.165) is 0 Å². The van der Waals surface area contributed by atoms with Crippen LogP contribution in [0, 0.1) is 0 Å². The van der Waals surface area contributed by atoms with Crippen LogP contribution in [0.25, 0.3) is 0 Å². The second-order valence-corrected chi connectivity index (χ2v) is 4.21. The summed E-state index contributed by atoms with van der Waals surface area (Å²) in [7, 11) is -2.93. The Morgan fingerprint density at radius 2 is 1.70 bits per heavy atom. The molecule has 0 radical (unpaired) electrons. The second kappa shape index (κ2) is 6.63. The van der Waals surface area contributed by atoms with Crippen LogP contribution in [-0.4, -0.2) is 55.0 Å². The molecule has 1 N–H and O–H groups in total. The van der Waals surface area contributed by atoms with E-state index in [1.165, 1.54) is 12.2 Å². The standard InChI is InChI=1S/C6H11O2P.Ca.2H/c1-3-5-9(7,8)6-4-2;;;/h3-4H,1-2,5-6H2,(H,7,8);;;/q;+2;2*-1. The Kier molecular flexibility index (Phi) is 8.96. The monoisotopic (exact) mass is 188 g/mol. The number of hydrogen-bond acceptors (Lipinski definition) is 1. The van der Waals surface area contributed by atoms with Crippen LogP contribution in [0.2, 0.25) is 0 Å². The summed E-state index contributed by atoms with van der Waals surface area (Å²) in [6, 6.07) is 0. The van der Waals surface area contributed by atoms with E-state index >= 15 is 0 Å². The third kappa shape index (κ3) is 7.04. The van der Waals surface area contributed by atoms with Crippen LogP contribution in [0.5, 0.6) is 0 Å². The van der Waals surface area contributed by atoms with Gasteiger partial charge < -0.3 is 7.75 Å². The molecule has 0 fully saturated rings. The van der Waals surface area contributed by atoms with Gasteiger partial charge in [0.25, 0.3) is 0 Å². The fourth-order valence-corrected chi connectivity index (χ4v) is 1.43. The number of rotatable bonds is 4. The molecule has 0 aliphatic carbocycles. The SMILES string of the molecule is C=CCP(=O)(O)CC=C.[Ca+2].[H-].[H-]. The first-order valence-corrected chi connectivity index (χ1v) is 4.68. The van der Waals surface area contributed by atoms with Gasteiger partial charge in [-0.15, -0.1) is 13.2 Å². The van der Waals surface area contributed by atoms with E-state index in [9.17, 15) is 4.57 Å². The first-order valence-electron chi connectivity index (χ1n) is 2.65. The zero-order valence-electron chi connectivity index (χ0n) is 7.99.